The molecule has 2 aromatic carbocycles. The predicted molar refractivity (Wildman–Crippen MR) is 83.1 cm³/mol. The Kier molecular flexibility index (Phi) is 4.74. The van der Waals surface area contributed by atoms with E-state index in [2.05, 4.69) is 11.4 Å². The SMILES string of the molecule is COc1cc(NCc2ccc(C)cc2Cl)cc(OC)c1. The predicted octanol–water partition coefficient (Wildman–Crippen LogP) is 4.28. The second-order valence-corrected chi connectivity index (χ2v) is 4.96. The van der Waals surface area contributed by atoms with Crippen LogP contribution in [0, 0.1) is 6.92 Å². The van der Waals surface area contributed by atoms with Crippen LogP contribution in [0.4, 0.5) is 5.69 Å². The number of nitrogens with one attached hydrogen (secondary N) is 1. The second kappa shape index (κ2) is 6.53. The third kappa shape index (κ3) is 3.58. The van der Waals surface area contributed by atoms with Crippen LogP contribution in [0.2, 0.25) is 5.02 Å². The zero-order chi connectivity index (χ0) is 14.5. The molecule has 4 heteroatoms. The lowest BCUT2D eigenvalue weighted by atomic mass is 10.1. The molecule has 0 atom stereocenters. The van der Waals surface area contributed by atoms with E-state index in [1.165, 1.54) is 0 Å². The van der Waals surface area contributed by atoms with Crippen molar-refractivity contribution in [3.8, 4) is 11.5 Å². The fourth-order valence-electron chi connectivity index (χ4n) is 1.90. The van der Waals surface area contributed by atoms with Crippen molar-refractivity contribution in [2.45, 2.75) is 13.5 Å². The molecule has 0 amide bonds. The molecule has 0 spiro atoms. The number of benzene rings is 2. The summed E-state index contributed by atoms with van der Waals surface area (Å²) in [5.74, 6) is 1.50. The summed E-state index contributed by atoms with van der Waals surface area (Å²) in [6, 6.07) is 11.7. The van der Waals surface area contributed by atoms with E-state index >= 15 is 0 Å². The van der Waals surface area contributed by atoms with E-state index in [9.17, 15) is 0 Å². The molecular formula is C16H18ClNO2. The lowest BCUT2D eigenvalue weighted by molar-refractivity contribution is 0.394. The van der Waals surface area contributed by atoms with E-state index < -0.39 is 0 Å². The normalized spacial score (nSPS) is 10.2. The number of halogens is 1. The van der Waals surface area contributed by atoms with Crippen LogP contribution in [0.15, 0.2) is 36.4 Å². The lowest BCUT2D eigenvalue weighted by Gasteiger charge is -2.12. The molecule has 0 fully saturated rings. The van der Waals surface area contributed by atoms with Gasteiger partial charge in [0.15, 0.2) is 0 Å². The van der Waals surface area contributed by atoms with Gasteiger partial charge in [-0.3, -0.25) is 0 Å². The third-order valence-corrected chi connectivity index (χ3v) is 3.39. The summed E-state index contributed by atoms with van der Waals surface area (Å²) in [6.07, 6.45) is 0. The first kappa shape index (κ1) is 14.5. The monoisotopic (exact) mass is 291 g/mol. The first-order chi connectivity index (χ1) is 9.62. The van der Waals surface area contributed by atoms with Crippen LogP contribution < -0.4 is 14.8 Å². The standard InChI is InChI=1S/C16H18ClNO2/c1-11-4-5-12(16(17)6-11)10-18-13-7-14(19-2)9-15(8-13)20-3/h4-9,18H,10H2,1-3H3. The van der Waals surface area contributed by atoms with Gasteiger partial charge < -0.3 is 14.8 Å². The van der Waals surface area contributed by atoms with Gasteiger partial charge in [-0.2, -0.15) is 0 Å². The highest BCUT2D eigenvalue weighted by molar-refractivity contribution is 6.31. The fourth-order valence-corrected chi connectivity index (χ4v) is 2.20. The summed E-state index contributed by atoms with van der Waals surface area (Å²) >= 11 is 6.22. The maximum atomic E-state index is 6.22. The molecule has 0 saturated carbocycles. The van der Waals surface area contributed by atoms with Gasteiger partial charge in [-0.15, -0.1) is 0 Å². The smallest absolute Gasteiger partial charge is 0.124 e. The van der Waals surface area contributed by atoms with Gasteiger partial charge in [0.25, 0.3) is 0 Å². The van der Waals surface area contributed by atoms with E-state index in [4.69, 9.17) is 21.1 Å². The Hall–Kier alpha value is -1.87. The molecule has 106 valence electrons. The maximum absolute atomic E-state index is 6.22. The van der Waals surface area contributed by atoms with Gasteiger partial charge in [0.05, 0.1) is 14.2 Å². The summed E-state index contributed by atoms with van der Waals surface area (Å²) in [5, 5.41) is 4.10. The molecule has 20 heavy (non-hydrogen) atoms. The molecule has 0 aromatic heterocycles. The van der Waals surface area contributed by atoms with Gasteiger partial charge >= 0.3 is 0 Å². The van der Waals surface area contributed by atoms with Crippen LogP contribution in [-0.4, -0.2) is 14.2 Å². The van der Waals surface area contributed by atoms with Crippen molar-refractivity contribution in [3.63, 3.8) is 0 Å². The summed E-state index contributed by atoms with van der Waals surface area (Å²) in [7, 11) is 3.27. The third-order valence-electron chi connectivity index (χ3n) is 3.04. The van der Waals surface area contributed by atoms with Crippen molar-refractivity contribution >= 4 is 17.3 Å². The van der Waals surface area contributed by atoms with E-state index in [1.54, 1.807) is 14.2 Å². The van der Waals surface area contributed by atoms with Crippen LogP contribution in [0.1, 0.15) is 11.1 Å². The molecule has 0 saturated heterocycles. The number of hydrogen-bond donors (Lipinski definition) is 1. The molecule has 0 heterocycles. The zero-order valence-electron chi connectivity index (χ0n) is 11.9. The Morgan fingerprint density at radius 1 is 1.00 bits per heavy atom. The van der Waals surface area contributed by atoms with E-state index in [0.29, 0.717) is 6.54 Å². The molecule has 3 nitrogen and oxygen atoms in total. The van der Waals surface area contributed by atoms with Crippen LogP contribution in [0.25, 0.3) is 0 Å². The number of rotatable bonds is 5. The minimum absolute atomic E-state index is 0.648. The average Bonchev–Trinajstić information content (AvgIpc) is 2.46. The van der Waals surface area contributed by atoms with Gasteiger partial charge in [-0.1, -0.05) is 23.7 Å². The Bertz CT molecular complexity index is 577. The van der Waals surface area contributed by atoms with Crippen molar-refractivity contribution in [1.29, 1.82) is 0 Å². The minimum Gasteiger partial charge on any atom is -0.497 e. The fraction of sp³-hybridized carbons (Fsp3) is 0.250. The van der Waals surface area contributed by atoms with Crippen LogP contribution >= 0.6 is 11.6 Å². The first-order valence-electron chi connectivity index (χ1n) is 6.34. The summed E-state index contributed by atoms with van der Waals surface area (Å²) < 4.78 is 10.5. The van der Waals surface area contributed by atoms with Gasteiger partial charge in [0.2, 0.25) is 0 Å². The summed E-state index contributed by atoms with van der Waals surface area (Å²) in [5.41, 5.74) is 3.14. The zero-order valence-corrected chi connectivity index (χ0v) is 12.6. The maximum Gasteiger partial charge on any atom is 0.124 e. The van der Waals surface area contributed by atoms with E-state index in [1.807, 2.05) is 37.3 Å². The van der Waals surface area contributed by atoms with Crippen LogP contribution in [-0.2, 0) is 6.54 Å². The van der Waals surface area contributed by atoms with Gasteiger partial charge in [0.1, 0.15) is 11.5 Å². The second-order valence-electron chi connectivity index (χ2n) is 4.55. The number of aryl methyl sites for hydroxylation is 1. The summed E-state index contributed by atoms with van der Waals surface area (Å²) in [4.78, 5) is 0. The number of ether oxygens (including phenoxy) is 2. The number of methoxy groups -OCH3 is 2. The highest BCUT2D eigenvalue weighted by Crippen LogP contribution is 2.26. The molecule has 0 unspecified atom stereocenters. The number of anilines is 1. The lowest BCUT2D eigenvalue weighted by Crippen LogP contribution is -2.01. The van der Waals surface area contributed by atoms with Gasteiger partial charge in [-0.05, 0) is 24.1 Å². The first-order valence-corrected chi connectivity index (χ1v) is 6.72. The van der Waals surface area contributed by atoms with Crippen molar-refractivity contribution < 1.29 is 9.47 Å². The van der Waals surface area contributed by atoms with Gasteiger partial charge in [0, 0.05) is 35.5 Å². The van der Waals surface area contributed by atoms with Crippen molar-refractivity contribution in [1.82, 2.24) is 0 Å². The highest BCUT2D eigenvalue weighted by atomic mass is 35.5. The largest absolute Gasteiger partial charge is 0.497 e. The Labute approximate surface area is 124 Å². The van der Waals surface area contributed by atoms with Crippen molar-refractivity contribution in [3.05, 3.63) is 52.5 Å². The van der Waals surface area contributed by atoms with E-state index in [-0.39, 0.29) is 0 Å². The molecule has 2 rings (SSSR count). The molecule has 2 aromatic rings. The van der Waals surface area contributed by atoms with Gasteiger partial charge in [-0.25, -0.2) is 0 Å². The minimum atomic E-state index is 0.648. The Morgan fingerprint density at radius 3 is 2.20 bits per heavy atom. The van der Waals surface area contributed by atoms with Crippen LogP contribution in [0.3, 0.4) is 0 Å². The molecule has 0 bridgehead atoms. The molecule has 0 aliphatic carbocycles. The summed E-state index contributed by atoms with van der Waals surface area (Å²) in [6.45, 7) is 2.67. The molecule has 0 aliphatic heterocycles. The number of hydrogen-bond acceptors (Lipinski definition) is 3. The molecule has 0 radical (unpaired) electrons. The van der Waals surface area contributed by atoms with Crippen molar-refractivity contribution in [2.75, 3.05) is 19.5 Å². The molecule has 1 N–H and O–H groups in total. The average molecular weight is 292 g/mol. The highest BCUT2D eigenvalue weighted by Gasteiger charge is 2.04. The quantitative estimate of drug-likeness (QED) is 0.892. The Balaban J connectivity index is 2.13. The van der Waals surface area contributed by atoms with Crippen molar-refractivity contribution in [2.24, 2.45) is 0 Å². The molecule has 0 aliphatic rings. The van der Waals surface area contributed by atoms with Crippen LogP contribution in [0.5, 0.6) is 11.5 Å². The van der Waals surface area contributed by atoms with E-state index in [0.717, 1.165) is 33.3 Å². The Morgan fingerprint density at radius 2 is 1.65 bits per heavy atom. The molecular weight excluding hydrogens is 274 g/mol. The topological polar surface area (TPSA) is 30.5 Å².